The third-order valence-corrected chi connectivity index (χ3v) is 5.94. The Morgan fingerprint density at radius 1 is 1.26 bits per heavy atom. The summed E-state index contributed by atoms with van der Waals surface area (Å²) in [6.45, 7) is 3.32. The molecule has 1 amide bonds. The first-order valence-corrected chi connectivity index (χ1v) is 10.5. The highest BCUT2D eigenvalue weighted by atomic mass is 32.2. The Morgan fingerprint density at radius 3 is 2.78 bits per heavy atom. The molecule has 0 radical (unpaired) electrons. The summed E-state index contributed by atoms with van der Waals surface area (Å²) in [7, 11) is 3.44. The number of amides is 1. The van der Waals surface area contributed by atoms with Crippen LogP contribution in [0.4, 0.5) is 0 Å². The summed E-state index contributed by atoms with van der Waals surface area (Å²) in [6, 6.07) is 11.8. The molecule has 0 fully saturated rings. The van der Waals surface area contributed by atoms with Crippen LogP contribution in [0, 0.1) is 0 Å². The first-order chi connectivity index (χ1) is 13.1. The van der Waals surface area contributed by atoms with Crippen LogP contribution in [0.2, 0.25) is 0 Å². The van der Waals surface area contributed by atoms with Gasteiger partial charge in [-0.05, 0) is 24.4 Å². The van der Waals surface area contributed by atoms with Gasteiger partial charge in [-0.1, -0.05) is 36.0 Å². The van der Waals surface area contributed by atoms with Crippen molar-refractivity contribution >= 4 is 29.0 Å². The molecule has 3 aromatic rings. The van der Waals surface area contributed by atoms with E-state index in [1.807, 2.05) is 46.3 Å². The number of rotatable bonds is 8. The van der Waals surface area contributed by atoms with Crippen LogP contribution in [0.15, 0.2) is 46.9 Å². The Morgan fingerprint density at radius 2 is 2.07 bits per heavy atom. The van der Waals surface area contributed by atoms with Gasteiger partial charge in [0.1, 0.15) is 5.75 Å². The molecular formula is C19H22N4O2S2. The zero-order valence-electron chi connectivity index (χ0n) is 15.6. The highest BCUT2D eigenvalue weighted by Gasteiger charge is 2.17. The van der Waals surface area contributed by atoms with Gasteiger partial charge < -0.3 is 14.2 Å². The predicted molar refractivity (Wildman–Crippen MR) is 109 cm³/mol. The number of carbonyl (C=O) groups excluding carboxylic acids is 1. The number of nitrogens with zero attached hydrogens (tertiary/aromatic N) is 4. The molecule has 0 saturated carbocycles. The van der Waals surface area contributed by atoms with Crippen molar-refractivity contribution in [1.29, 1.82) is 0 Å². The number of methoxy groups -OCH3 is 1. The van der Waals surface area contributed by atoms with Gasteiger partial charge in [0, 0.05) is 25.7 Å². The second-order valence-electron chi connectivity index (χ2n) is 5.88. The normalized spacial score (nSPS) is 10.8. The monoisotopic (exact) mass is 402 g/mol. The Labute approximate surface area is 167 Å². The third-order valence-electron chi connectivity index (χ3n) is 4.13. The number of benzene rings is 1. The topological polar surface area (TPSA) is 60.2 Å². The maximum atomic E-state index is 12.6. The fraction of sp³-hybridized carbons (Fsp3) is 0.316. The summed E-state index contributed by atoms with van der Waals surface area (Å²) in [6.07, 6.45) is 0. The van der Waals surface area contributed by atoms with E-state index in [4.69, 9.17) is 4.74 Å². The minimum absolute atomic E-state index is 0.0363. The average molecular weight is 403 g/mol. The Kier molecular flexibility index (Phi) is 6.52. The summed E-state index contributed by atoms with van der Waals surface area (Å²) in [5, 5.41) is 11.4. The number of thiophene rings is 1. The van der Waals surface area contributed by atoms with Crippen molar-refractivity contribution in [1.82, 2.24) is 19.7 Å². The van der Waals surface area contributed by atoms with Crippen LogP contribution in [0.3, 0.4) is 0 Å². The molecule has 0 spiro atoms. The summed E-state index contributed by atoms with van der Waals surface area (Å²) in [4.78, 5) is 15.3. The lowest BCUT2D eigenvalue weighted by Gasteiger charge is -2.18. The van der Waals surface area contributed by atoms with E-state index in [2.05, 4.69) is 17.1 Å². The van der Waals surface area contributed by atoms with Crippen LogP contribution in [0.25, 0.3) is 10.7 Å². The number of para-hydroxylation sites is 1. The maximum absolute atomic E-state index is 12.6. The molecule has 0 N–H and O–H groups in total. The first-order valence-electron chi connectivity index (χ1n) is 8.59. The largest absolute Gasteiger partial charge is 0.496 e. The third kappa shape index (κ3) is 4.51. The molecular weight excluding hydrogens is 380 g/mol. The van der Waals surface area contributed by atoms with Gasteiger partial charge in [0.25, 0.3) is 0 Å². The highest BCUT2D eigenvalue weighted by Crippen LogP contribution is 2.27. The molecule has 8 heteroatoms. The molecule has 0 unspecified atom stereocenters. The van der Waals surface area contributed by atoms with Crippen LogP contribution in [-0.2, 0) is 17.9 Å². The number of thioether (sulfide) groups is 1. The van der Waals surface area contributed by atoms with E-state index in [0.29, 0.717) is 12.3 Å². The minimum atomic E-state index is 0.0363. The molecule has 0 bridgehead atoms. The van der Waals surface area contributed by atoms with Crippen molar-refractivity contribution in [2.75, 3.05) is 19.9 Å². The number of aromatic nitrogens is 3. The van der Waals surface area contributed by atoms with Crippen LogP contribution in [0.5, 0.6) is 5.75 Å². The number of hydrogen-bond acceptors (Lipinski definition) is 6. The zero-order valence-corrected chi connectivity index (χ0v) is 17.2. The number of hydrogen-bond donors (Lipinski definition) is 0. The first kappa shape index (κ1) is 19.4. The van der Waals surface area contributed by atoms with E-state index in [1.54, 1.807) is 30.4 Å². The summed E-state index contributed by atoms with van der Waals surface area (Å²) >= 11 is 3.05. The van der Waals surface area contributed by atoms with Gasteiger partial charge in [0.05, 0.1) is 17.7 Å². The van der Waals surface area contributed by atoms with Crippen molar-refractivity contribution < 1.29 is 9.53 Å². The van der Waals surface area contributed by atoms with E-state index >= 15 is 0 Å². The van der Waals surface area contributed by atoms with E-state index < -0.39 is 0 Å². The summed E-state index contributed by atoms with van der Waals surface area (Å²) in [5.74, 6) is 1.99. The lowest BCUT2D eigenvalue weighted by molar-refractivity contribution is -0.127. The van der Waals surface area contributed by atoms with E-state index in [0.717, 1.165) is 33.7 Å². The molecule has 27 heavy (non-hydrogen) atoms. The van der Waals surface area contributed by atoms with Gasteiger partial charge in [-0.2, -0.15) is 0 Å². The van der Waals surface area contributed by atoms with Crippen molar-refractivity contribution in [3.63, 3.8) is 0 Å². The summed E-state index contributed by atoms with van der Waals surface area (Å²) in [5.41, 5.74) is 0.984. The molecule has 2 aromatic heterocycles. The molecule has 3 rings (SSSR count). The van der Waals surface area contributed by atoms with Crippen LogP contribution in [-0.4, -0.2) is 45.5 Å². The van der Waals surface area contributed by atoms with Crippen molar-refractivity contribution in [3.05, 3.63) is 47.3 Å². The Hall–Kier alpha value is -2.32. The highest BCUT2D eigenvalue weighted by molar-refractivity contribution is 7.99. The van der Waals surface area contributed by atoms with Gasteiger partial charge in [0.2, 0.25) is 5.91 Å². The standard InChI is InChI=1S/C19H22N4O2S2/c1-4-23-18(16-10-7-11-26-16)20-21-19(23)27-13-17(24)22(2)12-14-8-5-6-9-15(14)25-3/h5-11H,4,12-13H2,1-3H3. The second kappa shape index (κ2) is 9.05. The summed E-state index contributed by atoms with van der Waals surface area (Å²) < 4.78 is 7.41. The van der Waals surface area contributed by atoms with Crippen LogP contribution >= 0.6 is 23.1 Å². The molecule has 0 aliphatic heterocycles. The Balaban J connectivity index is 1.64. The Bertz CT molecular complexity index is 893. The SMILES string of the molecule is CCn1c(SCC(=O)N(C)Cc2ccccc2OC)nnc1-c1cccs1. The van der Waals surface area contributed by atoms with Gasteiger partial charge in [-0.25, -0.2) is 0 Å². The lowest BCUT2D eigenvalue weighted by Crippen LogP contribution is -2.28. The number of carbonyl (C=O) groups is 1. The fourth-order valence-corrected chi connectivity index (χ4v) is 4.34. The van der Waals surface area contributed by atoms with E-state index in [-0.39, 0.29) is 5.91 Å². The van der Waals surface area contributed by atoms with Gasteiger partial charge in [0.15, 0.2) is 11.0 Å². The van der Waals surface area contributed by atoms with E-state index in [1.165, 1.54) is 11.8 Å². The van der Waals surface area contributed by atoms with E-state index in [9.17, 15) is 4.79 Å². The molecule has 2 heterocycles. The average Bonchev–Trinajstić information content (AvgIpc) is 3.35. The number of ether oxygens (including phenoxy) is 1. The smallest absolute Gasteiger partial charge is 0.233 e. The maximum Gasteiger partial charge on any atom is 0.233 e. The lowest BCUT2D eigenvalue weighted by atomic mass is 10.2. The van der Waals surface area contributed by atoms with Crippen molar-refractivity contribution in [2.45, 2.75) is 25.2 Å². The molecule has 0 atom stereocenters. The fourth-order valence-electron chi connectivity index (χ4n) is 2.68. The van der Waals surface area contributed by atoms with Gasteiger partial charge >= 0.3 is 0 Å². The molecule has 142 valence electrons. The second-order valence-corrected chi connectivity index (χ2v) is 7.77. The quantitative estimate of drug-likeness (QED) is 0.537. The molecule has 6 nitrogen and oxygen atoms in total. The molecule has 1 aromatic carbocycles. The van der Waals surface area contributed by atoms with Crippen molar-refractivity contribution in [2.24, 2.45) is 0 Å². The molecule has 0 aliphatic carbocycles. The molecule has 0 saturated heterocycles. The van der Waals surface area contributed by atoms with Gasteiger partial charge in [-0.15, -0.1) is 21.5 Å². The minimum Gasteiger partial charge on any atom is -0.496 e. The van der Waals surface area contributed by atoms with Gasteiger partial charge in [-0.3, -0.25) is 4.79 Å². The zero-order chi connectivity index (χ0) is 19.2. The van der Waals surface area contributed by atoms with Crippen LogP contribution in [0.1, 0.15) is 12.5 Å². The van der Waals surface area contributed by atoms with Crippen LogP contribution < -0.4 is 4.74 Å². The predicted octanol–water partition coefficient (Wildman–Crippen LogP) is 3.79. The van der Waals surface area contributed by atoms with Crippen molar-refractivity contribution in [3.8, 4) is 16.5 Å². The molecule has 0 aliphatic rings.